The Labute approximate surface area is 124 Å². The van der Waals surface area contributed by atoms with Gasteiger partial charge >= 0.3 is 6.03 Å². The highest BCUT2D eigenvalue weighted by molar-refractivity contribution is 5.90. The van der Waals surface area contributed by atoms with Crippen LogP contribution >= 0.6 is 0 Å². The lowest BCUT2D eigenvalue weighted by Gasteiger charge is -2.18. The van der Waals surface area contributed by atoms with Crippen molar-refractivity contribution in [2.24, 2.45) is 0 Å². The molecular formula is C17H18N2O2. The second-order valence-corrected chi connectivity index (χ2v) is 5.26. The van der Waals surface area contributed by atoms with Crippen LogP contribution in [0.25, 0.3) is 0 Å². The van der Waals surface area contributed by atoms with Crippen molar-refractivity contribution in [3.63, 3.8) is 0 Å². The number of anilines is 1. The molecule has 0 aliphatic heterocycles. The first-order valence-corrected chi connectivity index (χ1v) is 7.01. The number of rotatable bonds is 4. The summed E-state index contributed by atoms with van der Waals surface area (Å²) >= 11 is 0. The third-order valence-corrected chi connectivity index (χ3v) is 3.78. The van der Waals surface area contributed by atoms with E-state index in [1.165, 1.54) is 0 Å². The minimum absolute atomic E-state index is 0.179. The van der Waals surface area contributed by atoms with E-state index in [-0.39, 0.29) is 11.6 Å². The van der Waals surface area contributed by atoms with E-state index in [2.05, 4.69) is 22.8 Å². The van der Waals surface area contributed by atoms with E-state index in [1.807, 2.05) is 42.5 Å². The van der Waals surface area contributed by atoms with Gasteiger partial charge in [0.25, 0.3) is 0 Å². The number of carbonyl (C=O) groups excluding carboxylic acids is 1. The minimum Gasteiger partial charge on any atom is -0.497 e. The van der Waals surface area contributed by atoms with Gasteiger partial charge in [0, 0.05) is 5.69 Å². The second kappa shape index (κ2) is 5.48. The SMILES string of the molecule is COc1ccc(NC(=O)NC2(c3ccccc3)CC2)cc1. The van der Waals surface area contributed by atoms with Gasteiger partial charge in [0.15, 0.2) is 0 Å². The van der Waals surface area contributed by atoms with Gasteiger partial charge in [0.1, 0.15) is 5.75 Å². The zero-order valence-corrected chi connectivity index (χ0v) is 11.9. The fraction of sp³-hybridized carbons (Fsp3) is 0.235. The maximum Gasteiger partial charge on any atom is 0.319 e. The Morgan fingerprint density at radius 3 is 2.29 bits per heavy atom. The molecule has 2 amide bonds. The maximum absolute atomic E-state index is 12.1. The average Bonchev–Trinajstić information content (AvgIpc) is 3.29. The molecule has 0 saturated heterocycles. The standard InChI is InChI=1S/C17H18N2O2/c1-21-15-9-7-14(8-10-15)18-16(20)19-17(11-12-17)13-5-3-2-4-6-13/h2-10H,11-12H2,1H3,(H2,18,19,20). The van der Waals surface area contributed by atoms with E-state index >= 15 is 0 Å². The number of methoxy groups -OCH3 is 1. The maximum atomic E-state index is 12.1. The van der Waals surface area contributed by atoms with Crippen LogP contribution in [0.2, 0.25) is 0 Å². The van der Waals surface area contributed by atoms with Crippen LogP contribution in [0.3, 0.4) is 0 Å². The van der Waals surface area contributed by atoms with E-state index in [4.69, 9.17) is 4.74 Å². The van der Waals surface area contributed by atoms with Gasteiger partial charge in [-0.1, -0.05) is 30.3 Å². The molecule has 4 nitrogen and oxygen atoms in total. The van der Waals surface area contributed by atoms with Gasteiger partial charge in [-0.15, -0.1) is 0 Å². The molecule has 2 aromatic carbocycles. The van der Waals surface area contributed by atoms with Crippen LogP contribution in [0.15, 0.2) is 54.6 Å². The summed E-state index contributed by atoms with van der Waals surface area (Å²) in [6, 6.07) is 17.2. The Morgan fingerprint density at radius 1 is 1.05 bits per heavy atom. The number of ether oxygens (including phenoxy) is 1. The van der Waals surface area contributed by atoms with Gasteiger partial charge in [-0.3, -0.25) is 0 Å². The van der Waals surface area contributed by atoms with Crippen LogP contribution in [0.5, 0.6) is 5.75 Å². The van der Waals surface area contributed by atoms with Gasteiger partial charge in [-0.2, -0.15) is 0 Å². The van der Waals surface area contributed by atoms with Crippen molar-refractivity contribution in [1.29, 1.82) is 0 Å². The third-order valence-electron chi connectivity index (χ3n) is 3.78. The lowest BCUT2D eigenvalue weighted by atomic mass is 10.1. The molecule has 0 aromatic heterocycles. The molecule has 108 valence electrons. The van der Waals surface area contributed by atoms with Gasteiger partial charge < -0.3 is 15.4 Å². The molecule has 0 bridgehead atoms. The average molecular weight is 282 g/mol. The molecule has 1 aliphatic carbocycles. The number of amides is 2. The van der Waals surface area contributed by atoms with Gasteiger partial charge in [0.05, 0.1) is 12.6 Å². The van der Waals surface area contributed by atoms with Crippen molar-refractivity contribution >= 4 is 11.7 Å². The summed E-state index contributed by atoms with van der Waals surface area (Å²) in [4.78, 5) is 12.1. The Kier molecular flexibility index (Phi) is 3.52. The number of benzene rings is 2. The predicted molar refractivity (Wildman–Crippen MR) is 82.5 cm³/mol. The minimum atomic E-state index is -0.197. The van der Waals surface area contributed by atoms with E-state index in [0.717, 1.165) is 29.8 Å². The van der Waals surface area contributed by atoms with Crippen molar-refractivity contribution in [3.05, 3.63) is 60.2 Å². The Bertz CT molecular complexity index is 619. The van der Waals surface area contributed by atoms with E-state index in [0.29, 0.717) is 0 Å². The van der Waals surface area contributed by atoms with Crippen molar-refractivity contribution < 1.29 is 9.53 Å². The largest absolute Gasteiger partial charge is 0.497 e. The lowest BCUT2D eigenvalue weighted by Crippen LogP contribution is -2.37. The van der Waals surface area contributed by atoms with Crippen molar-refractivity contribution in [3.8, 4) is 5.75 Å². The molecule has 4 heteroatoms. The fourth-order valence-corrected chi connectivity index (χ4v) is 2.42. The molecule has 0 unspecified atom stereocenters. The highest BCUT2D eigenvalue weighted by Crippen LogP contribution is 2.45. The third kappa shape index (κ3) is 2.99. The Balaban J connectivity index is 1.64. The zero-order valence-electron chi connectivity index (χ0n) is 11.9. The van der Waals surface area contributed by atoms with Crippen LogP contribution < -0.4 is 15.4 Å². The van der Waals surface area contributed by atoms with E-state index < -0.39 is 0 Å². The number of hydrogen-bond donors (Lipinski definition) is 2. The molecule has 2 N–H and O–H groups in total. The molecule has 21 heavy (non-hydrogen) atoms. The molecule has 1 aliphatic rings. The van der Waals surface area contributed by atoms with Crippen molar-refractivity contribution in [1.82, 2.24) is 5.32 Å². The molecule has 0 atom stereocenters. The monoisotopic (exact) mass is 282 g/mol. The molecule has 3 rings (SSSR count). The van der Waals surface area contributed by atoms with E-state index in [9.17, 15) is 4.79 Å². The highest BCUT2D eigenvalue weighted by atomic mass is 16.5. The summed E-state index contributed by atoms with van der Waals surface area (Å²) in [6.07, 6.45) is 1.96. The molecule has 0 spiro atoms. The summed E-state index contributed by atoms with van der Waals surface area (Å²) in [6.45, 7) is 0. The topological polar surface area (TPSA) is 50.4 Å². The zero-order chi connectivity index (χ0) is 14.7. The summed E-state index contributed by atoms with van der Waals surface area (Å²) < 4.78 is 5.09. The van der Waals surface area contributed by atoms with Crippen LogP contribution in [0.4, 0.5) is 10.5 Å². The van der Waals surface area contributed by atoms with Crippen LogP contribution in [-0.4, -0.2) is 13.1 Å². The van der Waals surface area contributed by atoms with Crippen LogP contribution in [0, 0.1) is 0 Å². The Morgan fingerprint density at radius 2 is 1.71 bits per heavy atom. The van der Waals surface area contributed by atoms with E-state index in [1.54, 1.807) is 7.11 Å². The molecule has 1 fully saturated rings. The summed E-state index contributed by atoms with van der Waals surface area (Å²) in [5.74, 6) is 0.768. The number of carbonyl (C=O) groups is 1. The quantitative estimate of drug-likeness (QED) is 0.901. The number of urea groups is 1. The first kappa shape index (κ1) is 13.5. The fourth-order valence-electron chi connectivity index (χ4n) is 2.42. The molecule has 0 heterocycles. The highest BCUT2D eigenvalue weighted by Gasteiger charge is 2.45. The molecule has 0 radical (unpaired) electrons. The molecular weight excluding hydrogens is 264 g/mol. The van der Waals surface area contributed by atoms with Gasteiger partial charge in [0.2, 0.25) is 0 Å². The second-order valence-electron chi connectivity index (χ2n) is 5.26. The Hall–Kier alpha value is -2.49. The molecule has 1 saturated carbocycles. The summed E-state index contributed by atoms with van der Waals surface area (Å²) in [7, 11) is 1.62. The number of hydrogen-bond acceptors (Lipinski definition) is 2. The summed E-state index contributed by atoms with van der Waals surface area (Å²) in [5, 5.41) is 5.93. The van der Waals surface area contributed by atoms with Crippen LogP contribution in [-0.2, 0) is 5.54 Å². The first-order valence-electron chi connectivity index (χ1n) is 7.01. The summed E-state index contributed by atoms with van der Waals surface area (Å²) in [5.41, 5.74) is 1.71. The van der Waals surface area contributed by atoms with Gasteiger partial charge in [-0.05, 0) is 42.7 Å². The number of nitrogens with one attached hydrogen (secondary N) is 2. The first-order chi connectivity index (χ1) is 10.2. The normalized spacial score (nSPS) is 15.1. The molecule has 2 aromatic rings. The van der Waals surface area contributed by atoms with Crippen molar-refractivity contribution in [2.75, 3.05) is 12.4 Å². The van der Waals surface area contributed by atoms with Crippen LogP contribution in [0.1, 0.15) is 18.4 Å². The lowest BCUT2D eigenvalue weighted by molar-refractivity contribution is 0.247. The van der Waals surface area contributed by atoms with Crippen molar-refractivity contribution in [2.45, 2.75) is 18.4 Å². The predicted octanol–water partition coefficient (Wildman–Crippen LogP) is 3.51. The van der Waals surface area contributed by atoms with Gasteiger partial charge in [-0.25, -0.2) is 4.79 Å². The smallest absolute Gasteiger partial charge is 0.319 e.